The predicted octanol–water partition coefficient (Wildman–Crippen LogP) is 0.395. The van der Waals surface area contributed by atoms with Gasteiger partial charge in [0.2, 0.25) is 0 Å². The van der Waals surface area contributed by atoms with Gasteiger partial charge in [0.05, 0.1) is 18.1 Å². The molecule has 0 spiro atoms. The lowest BCUT2D eigenvalue weighted by atomic mass is 10.2. The van der Waals surface area contributed by atoms with Crippen LogP contribution in [0, 0.1) is 0 Å². The second-order valence-corrected chi connectivity index (χ2v) is 4.53. The highest BCUT2D eigenvalue weighted by molar-refractivity contribution is 7.88. The number of hydrogen-bond donors (Lipinski definition) is 2. The lowest BCUT2D eigenvalue weighted by Gasteiger charge is -2.29. The molecule has 6 heteroatoms. The number of urea groups is 1. The number of β-amino-alcohol motifs (C(OH)–C–C–N with tert-alkyl or cyclic N) is 1. The number of hydrogen-bond acceptors (Lipinski definition) is 3. The molecule has 1 aliphatic carbocycles. The first-order chi connectivity index (χ1) is 7.74. The van der Waals surface area contributed by atoms with Crippen molar-refractivity contribution in [1.29, 1.82) is 0 Å². The Morgan fingerprint density at radius 3 is 3.06 bits per heavy atom. The fraction of sp³-hybridized carbons (Fsp3) is 0.300. The van der Waals surface area contributed by atoms with Gasteiger partial charge in [0, 0.05) is 12.1 Å². The van der Waals surface area contributed by atoms with Gasteiger partial charge in [-0.25, -0.2) is 9.00 Å². The summed E-state index contributed by atoms with van der Waals surface area (Å²) < 4.78 is 14.0. The van der Waals surface area contributed by atoms with Crippen LogP contribution in [0.15, 0.2) is 34.9 Å². The Balaban J connectivity index is 2.42. The molecule has 1 aliphatic heterocycles. The van der Waals surface area contributed by atoms with Crippen LogP contribution in [-0.2, 0) is 11.0 Å². The Kier molecular flexibility index (Phi) is 3.21. The highest BCUT2D eigenvalue weighted by atomic mass is 32.2. The van der Waals surface area contributed by atoms with Crippen molar-refractivity contribution in [1.82, 2.24) is 9.62 Å². The van der Waals surface area contributed by atoms with E-state index in [4.69, 9.17) is 5.11 Å². The van der Waals surface area contributed by atoms with Crippen LogP contribution in [0.3, 0.4) is 0 Å². The topological polar surface area (TPSA) is 69.6 Å². The Hall–Kier alpha value is -1.40. The third kappa shape index (κ3) is 1.94. The molecule has 0 aromatic carbocycles. The van der Waals surface area contributed by atoms with E-state index >= 15 is 0 Å². The lowest BCUT2D eigenvalue weighted by Crippen LogP contribution is -2.46. The van der Waals surface area contributed by atoms with Gasteiger partial charge >= 0.3 is 6.03 Å². The standard InChI is InChI=1S/C10H12N2O3S/c13-7-6-12-8-4-2-1-3-5-9(8)16(15)11-10(12)14/h1-3,5,13H,4,6-7H2,(H,11,14). The number of nitrogens with zero attached hydrogens (tertiary/aromatic N) is 1. The fourth-order valence-corrected chi connectivity index (χ4v) is 2.65. The van der Waals surface area contributed by atoms with Gasteiger partial charge < -0.3 is 5.11 Å². The molecular formula is C10H12N2O3S. The maximum absolute atomic E-state index is 11.7. The lowest BCUT2D eigenvalue weighted by molar-refractivity contribution is 0.196. The summed E-state index contributed by atoms with van der Waals surface area (Å²) >= 11 is 0. The number of carbonyl (C=O) groups is 1. The first-order valence-corrected chi connectivity index (χ1v) is 6.06. The fourth-order valence-electron chi connectivity index (χ4n) is 1.66. The van der Waals surface area contributed by atoms with Gasteiger partial charge in [-0.1, -0.05) is 18.2 Å². The van der Waals surface area contributed by atoms with Crippen molar-refractivity contribution < 1.29 is 14.1 Å². The normalized spacial score (nSPS) is 24.2. The second kappa shape index (κ2) is 4.63. The van der Waals surface area contributed by atoms with Crippen LogP contribution < -0.4 is 4.72 Å². The molecule has 86 valence electrons. The van der Waals surface area contributed by atoms with E-state index in [1.807, 2.05) is 12.2 Å². The molecule has 0 saturated carbocycles. The molecule has 5 nitrogen and oxygen atoms in total. The monoisotopic (exact) mass is 240 g/mol. The van der Waals surface area contributed by atoms with E-state index in [2.05, 4.69) is 4.72 Å². The molecule has 0 bridgehead atoms. The number of nitrogens with one attached hydrogen (secondary N) is 1. The first kappa shape index (κ1) is 11.1. The van der Waals surface area contributed by atoms with E-state index in [1.54, 1.807) is 12.2 Å². The summed E-state index contributed by atoms with van der Waals surface area (Å²) in [6, 6.07) is -0.421. The van der Waals surface area contributed by atoms with Crippen molar-refractivity contribution in [2.24, 2.45) is 0 Å². The zero-order valence-corrected chi connectivity index (χ0v) is 9.37. The Bertz CT molecular complexity index is 426. The molecule has 2 aliphatic rings. The highest BCUT2D eigenvalue weighted by Crippen LogP contribution is 2.24. The third-order valence-electron chi connectivity index (χ3n) is 2.36. The van der Waals surface area contributed by atoms with E-state index in [0.29, 0.717) is 17.0 Å². The van der Waals surface area contributed by atoms with Crippen molar-refractivity contribution in [3.63, 3.8) is 0 Å². The number of allylic oxidation sites excluding steroid dienone is 4. The van der Waals surface area contributed by atoms with Crippen LogP contribution in [0.4, 0.5) is 4.79 Å². The third-order valence-corrected chi connectivity index (χ3v) is 3.50. The number of amides is 2. The smallest absolute Gasteiger partial charge is 0.333 e. The van der Waals surface area contributed by atoms with Gasteiger partial charge in [-0.3, -0.25) is 9.62 Å². The van der Waals surface area contributed by atoms with Crippen molar-refractivity contribution in [3.05, 3.63) is 34.9 Å². The minimum Gasteiger partial charge on any atom is -0.395 e. The predicted molar refractivity (Wildman–Crippen MR) is 60.4 cm³/mol. The van der Waals surface area contributed by atoms with Gasteiger partial charge in [0.25, 0.3) is 0 Å². The Morgan fingerprint density at radius 2 is 2.31 bits per heavy atom. The average Bonchev–Trinajstić information content (AvgIpc) is 2.49. The van der Waals surface area contributed by atoms with Crippen molar-refractivity contribution >= 4 is 17.0 Å². The number of carbonyl (C=O) groups excluding carboxylic acids is 1. The van der Waals surface area contributed by atoms with E-state index in [0.717, 1.165) is 0 Å². The summed E-state index contributed by atoms with van der Waals surface area (Å²) in [5.41, 5.74) is 0.695. The van der Waals surface area contributed by atoms with Gasteiger partial charge in [0.15, 0.2) is 11.0 Å². The molecule has 2 N–H and O–H groups in total. The molecular weight excluding hydrogens is 228 g/mol. The molecule has 0 radical (unpaired) electrons. The molecule has 0 saturated heterocycles. The van der Waals surface area contributed by atoms with E-state index in [-0.39, 0.29) is 13.2 Å². The van der Waals surface area contributed by atoms with Crippen LogP contribution in [0.5, 0.6) is 0 Å². The largest absolute Gasteiger partial charge is 0.395 e. The van der Waals surface area contributed by atoms with Crippen molar-refractivity contribution in [3.8, 4) is 0 Å². The Labute approximate surface area is 95.7 Å². The van der Waals surface area contributed by atoms with Crippen LogP contribution >= 0.6 is 0 Å². The summed E-state index contributed by atoms with van der Waals surface area (Å²) in [5, 5.41) is 8.91. The van der Waals surface area contributed by atoms with Gasteiger partial charge in [-0.05, 0) is 6.08 Å². The minimum atomic E-state index is -1.49. The van der Waals surface area contributed by atoms with E-state index in [9.17, 15) is 9.00 Å². The van der Waals surface area contributed by atoms with Gasteiger partial charge in [-0.15, -0.1) is 0 Å². The molecule has 16 heavy (non-hydrogen) atoms. The van der Waals surface area contributed by atoms with Crippen molar-refractivity contribution in [2.45, 2.75) is 6.42 Å². The van der Waals surface area contributed by atoms with E-state index in [1.165, 1.54) is 4.90 Å². The first-order valence-electron chi connectivity index (χ1n) is 4.91. The molecule has 0 fully saturated rings. The summed E-state index contributed by atoms with van der Waals surface area (Å²) in [6.07, 6.45) is 7.78. The second-order valence-electron chi connectivity index (χ2n) is 3.35. The van der Waals surface area contributed by atoms with Gasteiger partial charge in [0.1, 0.15) is 0 Å². The number of aliphatic hydroxyl groups excluding tert-OH is 1. The summed E-state index contributed by atoms with van der Waals surface area (Å²) in [7, 11) is -1.49. The zero-order valence-electron chi connectivity index (χ0n) is 8.55. The number of rotatable bonds is 2. The van der Waals surface area contributed by atoms with Crippen LogP contribution in [-0.4, -0.2) is 33.4 Å². The Morgan fingerprint density at radius 1 is 1.50 bits per heavy atom. The highest BCUT2D eigenvalue weighted by Gasteiger charge is 2.29. The van der Waals surface area contributed by atoms with Crippen LogP contribution in [0.2, 0.25) is 0 Å². The molecule has 2 rings (SSSR count). The molecule has 2 amide bonds. The molecule has 1 atom stereocenters. The zero-order chi connectivity index (χ0) is 11.5. The average molecular weight is 240 g/mol. The minimum absolute atomic E-state index is 0.121. The maximum Gasteiger partial charge on any atom is 0.333 e. The summed E-state index contributed by atoms with van der Waals surface area (Å²) in [4.78, 5) is 13.6. The summed E-state index contributed by atoms with van der Waals surface area (Å²) in [5.74, 6) is 0. The molecule has 1 unspecified atom stereocenters. The molecule has 0 aromatic heterocycles. The number of aliphatic hydroxyl groups is 1. The summed E-state index contributed by atoms with van der Waals surface area (Å²) in [6.45, 7) is 0.0911. The molecule has 1 heterocycles. The quantitative estimate of drug-likeness (QED) is 0.734. The van der Waals surface area contributed by atoms with E-state index < -0.39 is 17.0 Å². The molecule has 0 aromatic rings. The van der Waals surface area contributed by atoms with Crippen LogP contribution in [0.25, 0.3) is 0 Å². The SMILES string of the molecule is O=C1NS(=O)C2=C(CC=CC=C2)N1CCO. The van der Waals surface area contributed by atoms with Crippen molar-refractivity contribution in [2.75, 3.05) is 13.2 Å². The van der Waals surface area contributed by atoms with Gasteiger partial charge in [-0.2, -0.15) is 0 Å². The van der Waals surface area contributed by atoms with Crippen LogP contribution in [0.1, 0.15) is 6.42 Å². The maximum atomic E-state index is 11.7.